The fraction of sp³-hybridized carbons (Fsp3) is 0.529. The van der Waals surface area contributed by atoms with Gasteiger partial charge in [-0.05, 0) is 56.3 Å². The molecule has 2 aliphatic rings. The van der Waals surface area contributed by atoms with Gasteiger partial charge in [-0.3, -0.25) is 0 Å². The van der Waals surface area contributed by atoms with Gasteiger partial charge in [-0.15, -0.1) is 0 Å². The normalized spacial score (nSPS) is 19.7. The number of benzene rings is 1. The zero-order valence-corrected chi connectivity index (χ0v) is 12.8. The third-order valence-corrected chi connectivity index (χ3v) is 5.39. The predicted octanol–water partition coefficient (Wildman–Crippen LogP) is 3.66. The fourth-order valence-corrected chi connectivity index (χ4v) is 4.19. The Labute approximate surface area is 125 Å². The first-order valence-electron chi connectivity index (χ1n) is 7.75. The lowest BCUT2D eigenvalue weighted by Gasteiger charge is -2.24. The molecule has 0 saturated carbocycles. The Kier molecular flexibility index (Phi) is 3.04. The number of likely N-dealkylation sites (N-methyl/N-ethyl adjacent to an activating group) is 1. The first-order chi connectivity index (χ1) is 9.75. The van der Waals surface area contributed by atoms with Crippen LogP contribution in [-0.2, 0) is 25.8 Å². The van der Waals surface area contributed by atoms with Crippen LogP contribution in [0.3, 0.4) is 0 Å². The molecule has 0 N–H and O–H groups in total. The molecule has 1 aromatic carbocycles. The van der Waals surface area contributed by atoms with E-state index in [0.717, 1.165) is 31.1 Å². The maximum atomic E-state index is 6.51. The summed E-state index contributed by atoms with van der Waals surface area (Å²) >= 11 is 6.51. The van der Waals surface area contributed by atoms with E-state index in [-0.39, 0.29) is 0 Å². The van der Waals surface area contributed by atoms with E-state index in [1.54, 1.807) is 11.3 Å². The maximum absolute atomic E-state index is 6.51. The molecule has 0 bridgehead atoms. The van der Waals surface area contributed by atoms with Crippen molar-refractivity contribution in [1.82, 2.24) is 9.47 Å². The average molecular weight is 289 g/mol. The summed E-state index contributed by atoms with van der Waals surface area (Å²) in [6.07, 6.45) is 6.22. The molecule has 0 radical (unpaired) electrons. The molecule has 4 rings (SSSR count). The Bertz CT molecular complexity index is 671. The third kappa shape index (κ3) is 1.82. The first kappa shape index (κ1) is 12.7. The van der Waals surface area contributed by atoms with E-state index < -0.39 is 0 Å². The standard InChI is InChI=1S/C17H21ClN2/c1-19-9-8-14-15(18)7-6-13-12-4-2-3-5-16(12)20(11-10-19)17(13)14/h6-7H,2-5,8-11H2,1H3. The van der Waals surface area contributed by atoms with Crippen molar-refractivity contribution in [3.63, 3.8) is 0 Å². The van der Waals surface area contributed by atoms with Crippen molar-refractivity contribution in [3.8, 4) is 0 Å². The van der Waals surface area contributed by atoms with Crippen molar-refractivity contribution in [3.05, 3.63) is 34.0 Å². The molecule has 1 aliphatic heterocycles. The largest absolute Gasteiger partial charge is 0.343 e. The zero-order valence-electron chi connectivity index (χ0n) is 12.1. The van der Waals surface area contributed by atoms with Gasteiger partial charge in [0.25, 0.3) is 0 Å². The van der Waals surface area contributed by atoms with Gasteiger partial charge in [-0.2, -0.15) is 0 Å². The molecule has 0 spiro atoms. The lowest BCUT2D eigenvalue weighted by Crippen LogP contribution is -2.28. The van der Waals surface area contributed by atoms with Crippen LogP contribution in [-0.4, -0.2) is 29.6 Å². The Morgan fingerprint density at radius 1 is 0.950 bits per heavy atom. The van der Waals surface area contributed by atoms with Gasteiger partial charge in [0.1, 0.15) is 0 Å². The molecule has 2 nitrogen and oxygen atoms in total. The van der Waals surface area contributed by atoms with Crippen LogP contribution in [0.4, 0.5) is 0 Å². The first-order valence-corrected chi connectivity index (χ1v) is 8.13. The summed E-state index contributed by atoms with van der Waals surface area (Å²) in [5, 5.41) is 2.42. The maximum Gasteiger partial charge on any atom is 0.0533 e. The van der Waals surface area contributed by atoms with Crippen molar-refractivity contribution >= 4 is 22.5 Å². The summed E-state index contributed by atoms with van der Waals surface area (Å²) in [5.74, 6) is 0. The highest BCUT2D eigenvalue weighted by Gasteiger charge is 2.24. The minimum absolute atomic E-state index is 0.948. The van der Waals surface area contributed by atoms with Crippen LogP contribution < -0.4 is 0 Å². The minimum Gasteiger partial charge on any atom is -0.343 e. The monoisotopic (exact) mass is 288 g/mol. The van der Waals surface area contributed by atoms with E-state index in [1.807, 2.05) is 0 Å². The topological polar surface area (TPSA) is 8.17 Å². The molecule has 3 heteroatoms. The molecule has 0 atom stereocenters. The summed E-state index contributed by atoms with van der Waals surface area (Å²) in [7, 11) is 2.22. The number of hydrogen-bond acceptors (Lipinski definition) is 1. The van der Waals surface area contributed by atoms with Crippen LogP contribution in [0.15, 0.2) is 12.1 Å². The molecular formula is C17H21ClN2. The molecule has 1 aliphatic carbocycles. The quantitative estimate of drug-likeness (QED) is 0.718. The van der Waals surface area contributed by atoms with Gasteiger partial charge in [0.2, 0.25) is 0 Å². The fourth-order valence-electron chi connectivity index (χ4n) is 3.95. The van der Waals surface area contributed by atoms with Crippen molar-refractivity contribution in [2.75, 3.05) is 20.1 Å². The van der Waals surface area contributed by atoms with E-state index in [2.05, 4.69) is 28.6 Å². The lowest BCUT2D eigenvalue weighted by atomic mass is 9.95. The molecule has 106 valence electrons. The van der Waals surface area contributed by atoms with Gasteiger partial charge >= 0.3 is 0 Å². The van der Waals surface area contributed by atoms with Crippen molar-refractivity contribution in [2.24, 2.45) is 0 Å². The van der Waals surface area contributed by atoms with Crippen molar-refractivity contribution < 1.29 is 0 Å². The molecule has 0 fully saturated rings. The summed E-state index contributed by atoms with van der Waals surface area (Å²) < 4.78 is 2.58. The number of nitrogens with zero attached hydrogens (tertiary/aromatic N) is 2. The summed E-state index contributed by atoms with van der Waals surface area (Å²) in [6, 6.07) is 4.37. The highest BCUT2D eigenvalue weighted by Crippen LogP contribution is 2.37. The van der Waals surface area contributed by atoms with Crippen LogP contribution in [0.2, 0.25) is 5.02 Å². The number of halogens is 1. The molecule has 20 heavy (non-hydrogen) atoms. The summed E-state index contributed by atoms with van der Waals surface area (Å²) in [6.45, 7) is 3.35. The molecule has 0 saturated heterocycles. The number of aryl methyl sites for hydroxylation is 1. The van der Waals surface area contributed by atoms with Crippen molar-refractivity contribution in [1.29, 1.82) is 0 Å². The van der Waals surface area contributed by atoms with E-state index in [4.69, 9.17) is 11.6 Å². The van der Waals surface area contributed by atoms with Gasteiger partial charge in [0, 0.05) is 35.7 Å². The number of rotatable bonds is 0. The highest BCUT2D eigenvalue weighted by molar-refractivity contribution is 6.32. The molecule has 1 aromatic heterocycles. The molecular weight excluding hydrogens is 268 g/mol. The Balaban J connectivity index is 2.04. The van der Waals surface area contributed by atoms with Crippen LogP contribution in [0, 0.1) is 0 Å². The van der Waals surface area contributed by atoms with Gasteiger partial charge in [0.15, 0.2) is 0 Å². The van der Waals surface area contributed by atoms with Gasteiger partial charge in [-0.1, -0.05) is 17.7 Å². The SMILES string of the molecule is CN1CCc2c(Cl)ccc3c4c(n(c23)CC1)CCCC4. The molecule has 0 amide bonds. The van der Waals surface area contributed by atoms with Gasteiger partial charge in [-0.25, -0.2) is 0 Å². The average Bonchev–Trinajstić information content (AvgIpc) is 2.76. The van der Waals surface area contributed by atoms with E-state index in [9.17, 15) is 0 Å². The smallest absolute Gasteiger partial charge is 0.0533 e. The summed E-state index contributed by atoms with van der Waals surface area (Å²) in [4.78, 5) is 2.42. The Morgan fingerprint density at radius 3 is 2.70 bits per heavy atom. The predicted molar refractivity (Wildman–Crippen MR) is 84.8 cm³/mol. The van der Waals surface area contributed by atoms with E-state index in [1.165, 1.54) is 42.1 Å². The van der Waals surface area contributed by atoms with Gasteiger partial charge in [0.05, 0.1) is 5.52 Å². The molecule has 2 aromatic rings. The molecule has 2 heterocycles. The van der Waals surface area contributed by atoms with Crippen LogP contribution in [0.25, 0.3) is 10.9 Å². The summed E-state index contributed by atoms with van der Waals surface area (Å²) in [5.41, 5.74) is 6.00. The number of fused-ring (bicyclic) bond motifs is 3. The van der Waals surface area contributed by atoms with Crippen LogP contribution in [0.1, 0.15) is 29.7 Å². The number of hydrogen-bond donors (Lipinski definition) is 0. The zero-order chi connectivity index (χ0) is 13.7. The number of aromatic nitrogens is 1. The Morgan fingerprint density at radius 2 is 1.80 bits per heavy atom. The van der Waals surface area contributed by atoms with Gasteiger partial charge < -0.3 is 9.47 Å². The van der Waals surface area contributed by atoms with Crippen LogP contribution in [0.5, 0.6) is 0 Å². The van der Waals surface area contributed by atoms with E-state index in [0.29, 0.717) is 0 Å². The molecule has 0 unspecified atom stereocenters. The van der Waals surface area contributed by atoms with E-state index >= 15 is 0 Å². The van der Waals surface area contributed by atoms with Crippen molar-refractivity contribution in [2.45, 2.75) is 38.6 Å². The lowest BCUT2D eigenvalue weighted by molar-refractivity contribution is 0.318. The second kappa shape index (κ2) is 4.78. The second-order valence-electron chi connectivity index (χ2n) is 6.26. The third-order valence-electron chi connectivity index (χ3n) is 5.03. The Hall–Kier alpha value is -0.990. The minimum atomic E-state index is 0.948. The highest BCUT2D eigenvalue weighted by atomic mass is 35.5. The second-order valence-corrected chi connectivity index (χ2v) is 6.67. The van der Waals surface area contributed by atoms with Crippen LogP contribution >= 0.6 is 11.6 Å².